The highest BCUT2D eigenvalue weighted by Gasteiger charge is 2.39. The second-order valence-electron chi connectivity index (χ2n) is 8.12. The van der Waals surface area contributed by atoms with Gasteiger partial charge in [-0.1, -0.05) is 12.1 Å². The number of benzene rings is 1. The predicted molar refractivity (Wildman–Crippen MR) is 103 cm³/mol. The third-order valence-corrected chi connectivity index (χ3v) is 6.35. The molecule has 8 heteroatoms. The molecule has 1 aromatic carbocycles. The molecule has 0 radical (unpaired) electrons. The molecule has 7 nitrogen and oxygen atoms in total. The van der Waals surface area contributed by atoms with Crippen molar-refractivity contribution in [2.75, 3.05) is 19.6 Å². The SMILES string of the molecule is CC(=O)C1CC(C(=O)N2CCC(C3NNCC3c3cccc(F)c3)CC2)NN1. The molecule has 4 unspecified atom stereocenters. The number of carbonyl (C=O) groups is 2. The molecule has 3 aliphatic heterocycles. The van der Waals surface area contributed by atoms with Crippen LogP contribution in [0.4, 0.5) is 4.39 Å². The van der Waals surface area contributed by atoms with Gasteiger partial charge in [-0.3, -0.25) is 20.4 Å². The van der Waals surface area contributed by atoms with Crippen molar-refractivity contribution in [2.24, 2.45) is 5.92 Å². The summed E-state index contributed by atoms with van der Waals surface area (Å²) in [6, 6.07) is 6.45. The molecule has 0 aromatic heterocycles. The second-order valence-corrected chi connectivity index (χ2v) is 8.12. The van der Waals surface area contributed by atoms with Gasteiger partial charge in [0.25, 0.3) is 0 Å². The first-order chi connectivity index (χ1) is 13.5. The van der Waals surface area contributed by atoms with Gasteiger partial charge in [0, 0.05) is 31.6 Å². The van der Waals surface area contributed by atoms with Crippen LogP contribution in [0.15, 0.2) is 24.3 Å². The molecular weight excluding hydrogens is 361 g/mol. The average molecular weight is 389 g/mol. The summed E-state index contributed by atoms with van der Waals surface area (Å²) >= 11 is 0. The van der Waals surface area contributed by atoms with E-state index in [4.69, 9.17) is 0 Å². The number of nitrogens with zero attached hydrogens (tertiary/aromatic N) is 1. The summed E-state index contributed by atoms with van der Waals surface area (Å²) in [5, 5.41) is 0. The fraction of sp³-hybridized carbons (Fsp3) is 0.600. The number of hydrazine groups is 2. The lowest BCUT2D eigenvalue weighted by atomic mass is 9.80. The van der Waals surface area contributed by atoms with Crippen LogP contribution in [0.25, 0.3) is 0 Å². The van der Waals surface area contributed by atoms with Crippen LogP contribution in [-0.4, -0.2) is 54.4 Å². The van der Waals surface area contributed by atoms with Gasteiger partial charge in [0.1, 0.15) is 17.6 Å². The molecule has 4 N–H and O–H groups in total. The molecule has 0 aliphatic carbocycles. The van der Waals surface area contributed by atoms with Gasteiger partial charge < -0.3 is 4.90 Å². The van der Waals surface area contributed by atoms with Gasteiger partial charge in [-0.05, 0) is 49.8 Å². The summed E-state index contributed by atoms with van der Waals surface area (Å²) in [6.45, 7) is 3.73. The van der Waals surface area contributed by atoms with Crippen molar-refractivity contribution in [2.45, 2.75) is 50.2 Å². The van der Waals surface area contributed by atoms with E-state index in [1.165, 1.54) is 13.0 Å². The Morgan fingerprint density at radius 1 is 1.11 bits per heavy atom. The largest absolute Gasteiger partial charge is 0.341 e. The first-order valence-electron chi connectivity index (χ1n) is 10.1. The molecule has 0 spiro atoms. The van der Waals surface area contributed by atoms with Gasteiger partial charge >= 0.3 is 0 Å². The van der Waals surface area contributed by atoms with Crippen molar-refractivity contribution in [3.05, 3.63) is 35.6 Å². The molecule has 1 amide bonds. The summed E-state index contributed by atoms with van der Waals surface area (Å²) < 4.78 is 13.6. The molecular formula is C20H28FN5O2. The number of hydrogen-bond acceptors (Lipinski definition) is 6. The Kier molecular flexibility index (Phi) is 5.73. The summed E-state index contributed by atoms with van der Waals surface area (Å²) in [4.78, 5) is 26.1. The maximum Gasteiger partial charge on any atom is 0.241 e. The van der Waals surface area contributed by atoms with Crippen LogP contribution in [0.5, 0.6) is 0 Å². The van der Waals surface area contributed by atoms with Crippen LogP contribution in [0.2, 0.25) is 0 Å². The summed E-state index contributed by atoms with van der Waals surface area (Å²) in [7, 11) is 0. The minimum atomic E-state index is -0.336. The first kappa shape index (κ1) is 19.4. The Labute approximate surface area is 164 Å². The molecule has 28 heavy (non-hydrogen) atoms. The molecule has 3 aliphatic rings. The van der Waals surface area contributed by atoms with Crippen molar-refractivity contribution >= 4 is 11.7 Å². The van der Waals surface area contributed by atoms with Gasteiger partial charge in [-0.15, -0.1) is 0 Å². The van der Waals surface area contributed by atoms with Crippen LogP contribution in [0, 0.1) is 11.7 Å². The van der Waals surface area contributed by atoms with Crippen molar-refractivity contribution < 1.29 is 14.0 Å². The third kappa shape index (κ3) is 3.96. The molecule has 3 fully saturated rings. The molecule has 0 saturated carbocycles. The number of amides is 1. The van der Waals surface area contributed by atoms with Gasteiger partial charge in [0.05, 0.1) is 6.04 Å². The van der Waals surface area contributed by atoms with Gasteiger partial charge in [0.2, 0.25) is 5.91 Å². The van der Waals surface area contributed by atoms with Crippen molar-refractivity contribution in [3.8, 4) is 0 Å². The lowest BCUT2D eigenvalue weighted by Crippen LogP contribution is -2.50. The lowest BCUT2D eigenvalue weighted by molar-refractivity contribution is -0.134. The minimum absolute atomic E-state index is 0.0460. The highest BCUT2D eigenvalue weighted by molar-refractivity contribution is 5.86. The van der Waals surface area contributed by atoms with E-state index in [0.29, 0.717) is 25.4 Å². The quantitative estimate of drug-likeness (QED) is 0.598. The van der Waals surface area contributed by atoms with Crippen LogP contribution >= 0.6 is 0 Å². The second kappa shape index (κ2) is 8.24. The molecule has 4 rings (SSSR count). The Hall–Kier alpha value is -1.87. The van der Waals surface area contributed by atoms with Gasteiger partial charge in [-0.25, -0.2) is 15.2 Å². The highest BCUT2D eigenvalue weighted by Crippen LogP contribution is 2.32. The zero-order valence-corrected chi connectivity index (χ0v) is 16.1. The number of Topliss-reactive ketones (excluding diaryl/α,β-unsaturated/α-hetero) is 1. The van der Waals surface area contributed by atoms with Crippen LogP contribution in [0.1, 0.15) is 37.7 Å². The number of piperidine rings is 1. The third-order valence-electron chi connectivity index (χ3n) is 6.35. The van der Waals surface area contributed by atoms with E-state index >= 15 is 0 Å². The Balaban J connectivity index is 1.34. The van der Waals surface area contributed by atoms with E-state index in [2.05, 4.69) is 21.7 Å². The van der Waals surface area contributed by atoms with Gasteiger partial charge in [0.15, 0.2) is 0 Å². The molecule has 3 heterocycles. The van der Waals surface area contributed by atoms with E-state index in [-0.39, 0.29) is 41.6 Å². The number of hydrogen-bond donors (Lipinski definition) is 4. The summed E-state index contributed by atoms with van der Waals surface area (Å²) in [5.41, 5.74) is 13.5. The molecule has 3 saturated heterocycles. The fourth-order valence-corrected chi connectivity index (χ4v) is 4.71. The fourth-order valence-electron chi connectivity index (χ4n) is 4.71. The lowest BCUT2D eigenvalue weighted by Gasteiger charge is -2.37. The van der Waals surface area contributed by atoms with E-state index in [1.54, 1.807) is 12.1 Å². The summed E-state index contributed by atoms with van der Waals surface area (Å²) in [6.07, 6.45) is 2.32. The molecule has 0 bridgehead atoms. The number of carbonyl (C=O) groups excluding carboxylic acids is 2. The predicted octanol–water partition coefficient (Wildman–Crippen LogP) is 0.448. The van der Waals surface area contributed by atoms with E-state index < -0.39 is 0 Å². The van der Waals surface area contributed by atoms with E-state index in [0.717, 1.165) is 24.9 Å². The van der Waals surface area contributed by atoms with Crippen LogP contribution in [-0.2, 0) is 9.59 Å². The zero-order valence-electron chi connectivity index (χ0n) is 16.1. The average Bonchev–Trinajstić information content (AvgIpc) is 3.37. The maximum absolute atomic E-state index is 13.6. The number of ketones is 1. The number of likely N-dealkylation sites (tertiary alicyclic amines) is 1. The van der Waals surface area contributed by atoms with Crippen molar-refractivity contribution in [1.82, 2.24) is 26.6 Å². The number of rotatable bonds is 4. The van der Waals surface area contributed by atoms with Crippen molar-refractivity contribution in [1.29, 1.82) is 0 Å². The smallest absolute Gasteiger partial charge is 0.241 e. The Bertz CT molecular complexity index is 737. The van der Waals surface area contributed by atoms with E-state index in [9.17, 15) is 14.0 Å². The first-order valence-corrected chi connectivity index (χ1v) is 10.1. The minimum Gasteiger partial charge on any atom is -0.341 e. The topological polar surface area (TPSA) is 85.5 Å². The normalized spacial score (nSPS) is 31.3. The highest BCUT2D eigenvalue weighted by atomic mass is 19.1. The maximum atomic E-state index is 13.6. The number of halogens is 1. The van der Waals surface area contributed by atoms with E-state index in [1.807, 2.05) is 11.0 Å². The molecule has 152 valence electrons. The van der Waals surface area contributed by atoms with Crippen LogP contribution < -0.4 is 21.7 Å². The number of nitrogens with one attached hydrogen (secondary N) is 4. The zero-order chi connectivity index (χ0) is 19.7. The molecule has 1 aromatic rings. The standard InChI is InChI=1S/C20H28FN5O2/c1-12(27)17-10-18(24-23-17)20(28)26-7-5-13(6-8-26)19-16(11-22-25-19)14-3-2-4-15(21)9-14/h2-4,9,13,16-19,22-25H,5-8,10-11H2,1H3. The summed E-state index contributed by atoms with van der Waals surface area (Å²) in [5.74, 6) is 0.551. The van der Waals surface area contributed by atoms with Crippen molar-refractivity contribution in [3.63, 3.8) is 0 Å². The van der Waals surface area contributed by atoms with Gasteiger partial charge in [-0.2, -0.15) is 0 Å². The van der Waals surface area contributed by atoms with Crippen LogP contribution in [0.3, 0.4) is 0 Å². The Morgan fingerprint density at radius 2 is 1.86 bits per heavy atom. The molecule has 4 atom stereocenters. The monoisotopic (exact) mass is 389 g/mol. The Morgan fingerprint density at radius 3 is 2.54 bits per heavy atom.